The maximum absolute atomic E-state index is 12.9. The van der Waals surface area contributed by atoms with Crippen molar-refractivity contribution < 1.29 is 14.6 Å². The van der Waals surface area contributed by atoms with E-state index in [1.807, 2.05) is 40.7 Å². The third-order valence-electron chi connectivity index (χ3n) is 4.35. The van der Waals surface area contributed by atoms with Gasteiger partial charge < -0.3 is 5.21 Å². The molecule has 3 rings (SSSR count). The lowest BCUT2D eigenvalue weighted by Gasteiger charge is -2.15. The standard InChI is InChI=1S/C17H19N3O2/c1-4-11(2)9-20-10-19(3)15-14(18-22)12-7-5-6-8-13(12)17(21)16(15)20/h5-8,10-11H,4,9H2,1-3H3/p+1. The first-order chi connectivity index (χ1) is 10.6. The Morgan fingerprint density at radius 2 is 2.00 bits per heavy atom. The number of hydrogen-bond donors (Lipinski definition) is 1. The zero-order valence-electron chi connectivity index (χ0n) is 13.1. The van der Waals surface area contributed by atoms with E-state index in [2.05, 4.69) is 19.0 Å². The van der Waals surface area contributed by atoms with Crippen LogP contribution in [0.4, 0.5) is 0 Å². The maximum Gasteiger partial charge on any atom is 0.244 e. The fraction of sp³-hybridized carbons (Fsp3) is 0.353. The second-order valence-corrected chi connectivity index (χ2v) is 5.91. The molecule has 0 fully saturated rings. The summed E-state index contributed by atoms with van der Waals surface area (Å²) >= 11 is 0. The molecule has 1 heterocycles. The fourth-order valence-electron chi connectivity index (χ4n) is 2.99. The number of imidazole rings is 1. The first-order valence-corrected chi connectivity index (χ1v) is 7.53. The smallest absolute Gasteiger partial charge is 0.244 e. The predicted molar refractivity (Wildman–Crippen MR) is 82.4 cm³/mol. The minimum Gasteiger partial charge on any atom is -0.410 e. The van der Waals surface area contributed by atoms with Crippen LogP contribution in [0.2, 0.25) is 0 Å². The van der Waals surface area contributed by atoms with Gasteiger partial charge in [-0.3, -0.25) is 4.79 Å². The molecular formula is C17H20N3O2+. The molecule has 0 spiro atoms. The van der Waals surface area contributed by atoms with E-state index in [-0.39, 0.29) is 5.78 Å². The van der Waals surface area contributed by atoms with E-state index in [1.165, 1.54) is 0 Å². The molecule has 1 unspecified atom stereocenters. The van der Waals surface area contributed by atoms with Crippen LogP contribution in [-0.2, 0) is 13.6 Å². The van der Waals surface area contributed by atoms with Crippen molar-refractivity contribution in [2.45, 2.75) is 26.8 Å². The van der Waals surface area contributed by atoms with Gasteiger partial charge in [-0.1, -0.05) is 43.3 Å². The van der Waals surface area contributed by atoms with Crippen molar-refractivity contribution in [2.24, 2.45) is 18.1 Å². The first kappa shape index (κ1) is 14.5. The minimum absolute atomic E-state index is 0.0121. The summed E-state index contributed by atoms with van der Waals surface area (Å²) in [6.45, 7) is 5.07. The molecule has 0 saturated heterocycles. The van der Waals surface area contributed by atoms with Crippen molar-refractivity contribution in [2.75, 3.05) is 0 Å². The van der Waals surface area contributed by atoms with Gasteiger partial charge in [0.25, 0.3) is 0 Å². The van der Waals surface area contributed by atoms with Gasteiger partial charge in [0, 0.05) is 11.1 Å². The molecular weight excluding hydrogens is 278 g/mol. The van der Waals surface area contributed by atoms with Gasteiger partial charge >= 0.3 is 0 Å². The molecule has 5 nitrogen and oxygen atoms in total. The van der Waals surface area contributed by atoms with Gasteiger partial charge in [-0.25, -0.2) is 9.13 Å². The number of aryl methyl sites for hydroxylation is 1. The molecule has 0 radical (unpaired) electrons. The molecule has 1 atom stereocenters. The molecule has 2 aromatic rings. The molecule has 1 aromatic carbocycles. The Labute approximate surface area is 129 Å². The lowest BCUT2D eigenvalue weighted by atomic mass is 9.89. The van der Waals surface area contributed by atoms with Gasteiger partial charge in [-0.2, -0.15) is 0 Å². The lowest BCUT2D eigenvalue weighted by Crippen LogP contribution is -2.37. The van der Waals surface area contributed by atoms with Gasteiger partial charge in [0.15, 0.2) is 5.71 Å². The summed E-state index contributed by atoms with van der Waals surface area (Å²) in [5.41, 5.74) is 3.01. The van der Waals surface area contributed by atoms with Gasteiger partial charge in [0.2, 0.25) is 23.5 Å². The first-order valence-electron chi connectivity index (χ1n) is 7.53. The van der Waals surface area contributed by atoms with Crippen LogP contribution in [0.25, 0.3) is 0 Å². The van der Waals surface area contributed by atoms with E-state index in [0.29, 0.717) is 34.1 Å². The molecule has 1 aliphatic rings. The van der Waals surface area contributed by atoms with Crippen molar-refractivity contribution in [3.8, 4) is 0 Å². The van der Waals surface area contributed by atoms with Crippen molar-refractivity contribution >= 4 is 11.5 Å². The monoisotopic (exact) mass is 298 g/mol. The molecule has 1 aromatic heterocycles. The number of fused-ring (bicyclic) bond motifs is 2. The van der Waals surface area contributed by atoms with Crippen LogP contribution in [0.3, 0.4) is 0 Å². The van der Waals surface area contributed by atoms with E-state index in [1.54, 1.807) is 6.07 Å². The summed E-state index contributed by atoms with van der Waals surface area (Å²) in [6, 6.07) is 7.28. The van der Waals surface area contributed by atoms with Crippen LogP contribution < -0.4 is 4.57 Å². The second-order valence-electron chi connectivity index (χ2n) is 5.91. The molecule has 114 valence electrons. The summed E-state index contributed by atoms with van der Waals surface area (Å²) in [5.74, 6) is 0.456. The summed E-state index contributed by atoms with van der Waals surface area (Å²) in [5, 5.41) is 13.0. The number of carbonyl (C=O) groups excluding carboxylic acids is 1. The number of nitrogens with zero attached hydrogens (tertiary/aromatic N) is 3. The van der Waals surface area contributed by atoms with Crippen molar-refractivity contribution in [3.05, 3.63) is 53.1 Å². The Hall–Kier alpha value is -2.43. The zero-order valence-corrected chi connectivity index (χ0v) is 13.1. The largest absolute Gasteiger partial charge is 0.410 e. The molecule has 5 heteroatoms. The highest BCUT2D eigenvalue weighted by Gasteiger charge is 2.39. The highest BCUT2D eigenvalue weighted by Crippen LogP contribution is 2.26. The van der Waals surface area contributed by atoms with Gasteiger partial charge in [0.1, 0.15) is 0 Å². The number of ketones is 1. The third-order valence-corrected chi connectivity index (χ3v) is 4.35. The highest BCUT2D eigenvalue weighted by atomic mass is 16.4. The van der Waals surface area contributed by atoms with Crippen LogP contribution in [0.5, 0.6) is 0 Å². The van der Waals surface area contributed by atoms with E-state index < -0.39 is 0 Å². The quantitative estimate of drug-likeness (QED) is 0.457. The Balaban J connectivity index is 2.22. The molecule has 1 aliphatic carbocycles. The number of aromatic nitrogens is 2. The van der Waals surface area contributed by atoms with Crippen molar-refractivity contribution in [1.29, 1.82) is 0 Å². The molecule has 0 amide bonds. The van der Waals surface area contributed by atoms with E-state index in [4.69, 9.17) is 0 Å². The number of benzene rings is 1. The average molecular weight is 298 g/mol. The number of rotatable bonds is 3. The van der Waals surface area contributed by atoms with Crippen LogP contribution in [0, 0.1) is 5.92 Å². The van der Waals surface area contributed by atoms with E-state index >= 15 is 0 Å². The highest BCUT2D eigenvalue weighted by molar-refractivity contribution is 6.28. The van der Waals surface area contributed by atoms with E-state index in [0.717, 1.165) is 13.0 Å². The van der Waals surface area contributed by atoms with Gasteiger partial charge in [0.05, 0.1) is 13.6 Å². The summed E-state index contributed by atoms with van der Waals surface area (Å²) < 4.78 is 3.84. The maximum atomic E-state index is 12.9. The number of oxime groups is 1. The fourth-order valence-corrected chi connectivity index (χ4v) is 2.99. The normalized spacial score (nSPS) is 16.5. The Morgan fingerprint density at radius 3 is 2.64 bits per heavy atom. The average Bonchev–Trinajstić information content (AvgIpc) is 2.85. The Kier molecular flexibility index (Phi) is 3.56. The van der Waals surface area contributed by atoms with Crippen LogP contribution >= 0.6 is 0 Å². The number of hydrogen-bond acceptors (Lipinski definition) is 3. The molecule has 0 saturated carbocycles. The van der Waals surface area contributed by atoms with Gasteiger partial charge in [-0.05, 0) is 12.3 Å². The van der Waals surface area contributed by atoms with Crippen molar-refractivity contribution in [3.63, 3.8) is 0 Å². The number of carbonyl (C=O) groups is 1. The van der Waals surface area contributed by atoms with Crippen molar-refractivity contribution in [1.82, 2.24) is 4.57 Å². The third kappa shape index (κ3) is 2.04. The van der Waals surface area contributed by atoms with Crippen LogP contribution in [0.1, 0.15) is 47.6 Å². The summed E-state index contributed by atoms with van der Waals surface area (Å²) in [6.07, 6.45) is 2.95. The summed E-state index contributed by atoms with van der Waals surface area (Å²) in [4.78, 5) is 12.9. The van der Waals surface area contributed by atoms with Gasteiger partial charge in [-0.15, -0.1) is 0 Å². The van der Waals surface area contributed by atoms with Crippen LogP contribution in [0.15, 0.2) is 35.7 Å². The van der Waals surface area contributed by atoms with Crippen LogP contribution in [-0.4, -0.2) is 21.3 Å². The van der Waals surface area contributed by atoms with E-state index in [9.17, 15) is 10.0 Å². The topological polar surface area (TPSA) is 58.5 Å². The molecule has 1 N–H and O–H groups in total. The zero-order chi connectivity index (χ0) is 15.9. The Morgan fingerprint density at radius 1 is 1.32 bits per heavy atom. The predicted octanol–water partition coefficient (Wildman–Crippen LogP) is 2.13. The molecule has 0 aliphatic heterocycles. The minimum atomic E-state index is -0.0121. The molecule has 22 heavy (non-hydrogen) atoms. The SMILES string of the molecule is CCC(C)Cn1c[n+](C)c2c1C(=O)c1ccccc1C2=NO. The lowest BCUT2D eigenvalue weighted by molar-refractivity contribution is -0.672. The molecule has 0 bridgehead atoms. The second kappa shape index (κ2) is 5.40. The summed E-state index contributed by atoms with van der Waals surface area (Å²) in [7, 11) is 1.87. The Bertz CT molecular complexity index is 774.